The van der Waals surface area contributed by atoms with Gasteiger partial charge in [0, 0.05) is 12.3 Å². The monoisotopic (exact) mass is 188 g/mol. The molecule has 0 bridgehead atoms. The second-order valence-corrected chi connectivity index (χ2v) is 2.97. The SMILES string of the molecule is C1=NCNC(OCc2ccccc2)=C1. The van der Waals surface area contributed by atoms with Crippen LogP contribution < -0.4 is 5.32 Å². The normalized spacial score (nSPS) is 14.4. The first-order valence-electron chi connectivity index (χ1n) is 4.56. The van der Waals surface area contributed by atoms with Crippen LogP contribution in [0, 0.1) is 0 Å². The van der Waals surface area contributed by atoms with Crippen LogP contribution in [0.25, 0.3) is 0 Å². The van der Waals surface area contributed by atoms with Gasteiger partial charge in [-0.3, -0.25) is 4.99 Å². The molecule has 0 aliphatic carbocycles. The number of hydrogen-bond donors (Lipinski definition) is 1. The molecule has 0 spiro atoms. The summed E-state index contributed by atoms with van der Waals surface area (Å²) in [6.07, 6.45) is 3.57. The van der Waals surface area contributed by atoms with E-state index >= 15 is 0 Å². The van der Waals surface area contributed by atoms with Gasteiger partial charge in [-0.25, -0.2) is 0 Å². The van der Waals surface area contributed by atoms with E-state index in [2.05, 4.69) is 10.3 Å². The molecule has 0 unspecified atom stereocenters. The number of ether oxygens (including phenoxy) is 1. The molecule has 0 fully saturated rings. The minimum atomic E-state index is 0.591. The second kappa shape index (κ2) is 4.46. The summed E-state index contributed by atoms with van der Waals surface area (Å²) >= 11 is 0. The molecule has 0 saturated heterocycles. The molecular formula is C11H12N2O. The molecule has 0 aromatic heterocycles. The average molecular weight is 188 g/mol. The number of nitrogens with one attached hydrogen (secondary N) is 1. The van der Waals surface area contributed by atoms with Crippen molar-refractivity contribution in [2.45, 2.75) is 6.61 Å². The van der Waals surface area contributed by atoms with Gasteiger partial charge in [0.1, 0.15) is 13.3 Å². The van der Waals surface area contributed by atoms with Gasteiger partial charge in [-0.15, -0.1) is 0 Å². The summed E-state index contributed by atoms with van der Waals surface area (Å²) in [4.78, 5) is 3.99. The van der Waals surface area contributed by atoms with Gasteiger partial charge in [0.25, 0.3) is 0 Å². The molecule has 72 valence electrons. The van der Waals surface area contributed by atoms with Crippen LogP contribution >= 0.6 is 0 Å². The molecule has 2 rings (SSSR count). The van der Waals surface area contributed by atoms with Crippen molar-refractivity contribution >= 4 is 6.21 Å². The number of hydrogen-bond acceptors (Lipinski definition) is 3. The van der Waals surface area contributed by atoms with Crippen molar-refractivity contribution in [2.24, 2.45) is 4.99 Å². The van der Waals surface area contributed by atoms with Crippen LogP contribution in [0.4, 0.5) is 0 Å². The summed E-state index contributed by atoms with van der Waals surface area (Å²) < 4.78 is 5.53. The maximum absolute atomic E-state index is 5.53. The topological polar surface area (TPSA) is 33.6 Å². The van der Waals surface area contributed by atoms with Crippen LogP contribution in [0.15, 0.2) is 47.3 Å². The van der Waals surface area contributed by atoms with E-state index in [4.69, 9.17) is 4.74 Å². The van der Waals surface area contributed by atoms with E-state index in [0.717, 1.165) is 11.4 Å². The maximum atomic E-state index is 5.53. The third kappa shape index (κ3) is 2.36. The molecule has 3 nitrogen and oxygen atoms in total. The van der Waals surface area contributed by atoms with Crippen molar-refractivity contribution < 1.29 is 4.74 Å². The van der Waals surface area contributed by atoms with E-state index in [1.807, 2.05) is 36.4 Å². The largest absolute Gasteiger partial charge is 0.474 e. The van der Waals surface area contributed by atoms with E-state index in [0.29, 0.717) is 13.3 Å². The van der Waals surface area contributed by atoms with Gasteiger partial charge >= 0.3 is 0 Å². The van der Waals surface area contributed by atoms with Gasteiger partial charge in [0.05, 0.1) is 0 Å². The highest BCUT2D eigenvalue weighted by Crippen LogP contribution is 2.04. The molecule has 0 amide bonds. The molecule has 14 heavy (non-hydrogen) atoms. The predicted octanol–water partition coefficient (Wildman–Crippen LogP) is 1.68. The zero-order chi connectivity index (χ0) is 9.64. The summed E-state index contributed by atoms with van der Waals surface area (Å²) in [6, 6.07) is 10.1. The summed E-state index contributed by atoms with van der Waals surface area (Å²) in [5.74, 6) is 0.781. The number of benzene rings is 1. The molecule has 1 heterocycles. The first-order chi connectivity index (χ1) is 6.95. The lowest BCUT2D eigenvalue weighted by atomic mass is 10.2. The average Bonchev–Trinajstić information content (AvgIpc) is 2.29. The lowest BCUT2D eigenvalue weighted by Gasteiger charge is -2.12. The Balaban J connectivity index is 1.88. The quantitative estimate of drug-likeness (QED) is 0.782. The van der Waals surface area contributed by atoms with Gasteiger partial charge in [0.15, 0.2) is 5.88 Å². The van der Waals surface area contributed by atoms with Crippen molar-refractivity contribution in [1.82, 2.24) is 5.32 Å². The van der Waals surface area contributed by atoms with E-state index in [-0.39, 0.29) is 0 Å². The number of aliphatic imine (C=N–C) groups is 1. The lowest BCUT2D eigenvalue weighted by Crippen LogP contribution is -2.18. The van der Waals surface area contributed by atoms with Crippen LogP contribution in [0.2, 0.25) is 0 Å². The van der Waals surface area contributed by atoms with Crippen LogP contribution in [0.5, 0.6) is 0 Å². The highest BCUT2D eigenvalue weighted by Gasteiger charge is 1.99. The van der Waals surface area contributed by atoms with E-state index in [1.165, 1.54) is 0 Å². The molecule has 1 N–H and O–H groups in total. The zero-order valence-corrected chi connectivity index (χ0v) is 7.81. The van der Waals surface area contributed by atoms with E-state index in [1.54, 1.807) is 6.21 Å². The van der Waals surface area contributed by atoms with Gasteiger partial charge in [-0.1, -0.05) is 30.3 Å². The first kappa shape index (κ1) is 8.81. The molecule has 0 saturated carbocycles. The molecular weight excluding hydrogens is 176 g/mol. The Morgan fingerprint density at radius 2 is 2.14 bits per heavy atom. The molecule has 1 aliphatic heterocycles. The lowest BCUT2D eigenvalue weighted by molar-refractivity contribution is 0.178. The standard InChI is InChI=1S/C11H12N2O/c1-2-4-10(5-3-1)8-14-11-6-7-12-9-13-11/h1-7,13H,8-9H2. The third-order valence-electron chi connectivity index (χ3n) is 1.91. The van der Waals surface area contributed by atoms with Crippen LogP contribution in [-0.2, 0) is 11.3 Å². The van der Waals surface area contributed by atoms with Crippen molar-refractivity contribution in [3.8, 4) is 0 Å². The van der Waals surface area contributed by atoms with E-state index in [9.17, 15) is 0 Å². The molecule has 1 aromatic carbocycles. The highest BCUT2D eigenvalue weighted by atomic mass is 16.5. The highest BCUT2D eigenvalue weighted by molar-refractivity contribution is 5.72. The third-order valence-corrected chi connectivity index (χ3v) is 1.91. The Morgan fingerprint density at radius 3 is 2.86 bits per heavy atom. The summed E-state index contributed by atoms with van der Waals surface area (Å²) in [5.41, 5.74) is 1.16. The predicted molar refractivity (Wildman–Crippen MR) is 55.8 cm³/mol. The Morgan fingerprint density at radius 1 is 1.29 bits per heavy atom. The summed E-state index contributed by atoms with van der Waals surface area (Å²) in [6.45, 7) is 1.19. The van der Waals surface area contributed by atoms with Crippen LogP contribution in [0.3, 0.4) is 0 Å². The molecule has 3 heteroatoms. The van der Waals surface area contributed by atoms with Crippen LogP contribution in [-0.4, -0.2) is 12.9 Å². The fourth-order valence-corrected chi connectivity index (χ4v) is 1.19. The van der Waals surface area contributed by atoms with Gasteiger partial charge in [-0.05, 0) is 5.56 Å². The molecule has 0 radical (unpaired) electrons. The van der Waals surface area contributed by atoms with Crippen molar-refractivity contribution in [2.75, 3.05) is 6.67 Å². The molecule has 1 aliphatic rings. The van der Waals surface area contributed by atoms with Gasteiger partial charge in [0.2, 0.25) is 0 Å². The van der Waals surface area contributed by atoms with Gasteiger partial charge in [-0.2, -0.15) is 0 Å². The number of allylic oxidation sites excluding steroid dienone is 1. The van der Waals surface area contributed by atoms with Gasteiger partial charge < -0.3 is 10.1 Å². The Kier molecular flexibility index (Phi) is 2.81. The minimum absolute atomic E-state index is 0.591. The smallest absolute Gasteiger partial charge is 0.189 e. The maximum Gasteiger partial charge on any atom is 0.189 e. The Bertz CT molecular complexity index is 344. The Hall–Kier alpha value is -1.77. The second-order valence-electron chi connectivity index (χ2n) is 2.97. The van der Waals surface area contributed by atoms with Crippen molar-refractivity contribution in [1.29, 1.82) is 0 Å². The number of nitrogens with zero attached hydrogens (tertiary/aromatic N) is 1. The number of rotatable bonds is 3. The summed E-state index contributed by atoms with van der Waals surface area (Å²) in [7, 11) is 0. The zero-order valence-electron chi connectivity index (χ0n) is 7.81. The van der Waals surface area contributed by atoms with E-state index < -0.39 is 0 Å². The minimum Gasteiger partial charge on any atom is -0.474 e. The molecule has 1 aromatic rings. The fraction of sp³-hybridized carbons (Fsp3) is 0.182. The van der Waals surface area contributed by atoms with Crippen LogP contribution in [0.1, 0.15) is 5.56 Å². The van der Waals surface area contributed by atoms with Crippen molar-refractivity contribution in [3.05, 3.63) is 47.9 Å². The molecule has 0 atom stereocenters. The fourth-order valence-electron chi connectivity index (χ4n) is 1.19. The Labute approximate surface area is 83.1 Å². The first-order valence-corrected chi connectivity index (χ1v) is 4.56. The summed E-state index contributed by atoms with van der Waals surface area (Å²) in [5, 5.41) is 3.03. The van der Waals surface area contributed by atoms with Crippen molar-refractivity contribution in [3.63, 3.8) is 0 Å².